The Hall–Kier alpha value is -2.03. The highest BCUT2D eigenvalue weighted by Gasteiger charge is 2.36. The first-order valence-electron chi connectivity index (χ1n) is 6.12. The van der Waals surface area contributed by atoms with Gasteiger partial charge in [-0.05, 0) is 5.57 Å². The zero-order chi connectivity index (χ0) is 14.3. The Balaban J connectivity index is 2.05. The maximum atomic E-state index is 10.2. The molecule has 0 saturated carbocycles. The number of aliphatic hydroxyl groups is 2. The number of hydrogen-bond acceptors (Lipinski definition) is 7. The van der Waals surface area contributed by atoms with Gasteiger partial charge < -0.3 is 25.3 Å². The number of aliphatic hydroxyl groups excluding tert-OH is 2. The van der Waals surface area contributed by atoms with Crippen molar-refractivity contribution in [2.75, 3.05) is 19.5 Å². The molecule has 1 aliphatic carbocycles. The summed E-state index contributed by atoms with van der Waals surface area (Å²) in [5.41, 5.74) is 7.36. The second-order valence-corrected chi connectivity index (χ2v) is 4.68. The van der Waals surface area contributed by atoms with Crippen molar-refractivity contribution in [1.82, 2.24) is 19.5 Å². The Morgan fingerprint density at radius 1 is 1.35 bits per heavy atom. The highest BCUT2D eigenvalue weighted by atomic mass is 16.5. The average molecular weight is 277 g/mol. The summed E-state index contributed by atoms with van der Waals surface area (Å²) in [6.07, 6.45) is 2.69. The molecule has 0 fully saturated rings. The quantitative estimate of drug-likeness (QED) is 0.632. The van der Waals surface area contributed by atoms with Gasteiger partial charge in [0.15, 0.2) is 11.5 Å². The van der Waals surface area contributed by atoms with E-state index in [2.05, 4.69) is 15.0 Å². The van der Waals surface area contributed by atoms with Gasteiger partial charge in [-0.15, -0.1) is 0 Å². The minimum atomic E-state index is -0.978. The summed E-state index contributed by atoms with van der Waals surface area (Å²) in [7, 11) is 1.54. The third kappa shape index (κ3) is 1.85. The molecule has 0 unspecified atom stereocenters. The number of aromatic nitrogens is 4. The molecular weight excluding hydrogens is 262 g/mol. The number of imidazole rings is 1. The van der Waals surface area contributed by atoms with Crippen LogP contribution in [0.1, 0.15) is 6.04 Å². The topological polar surface area (TPSA) is 119 Å². The third-order valence-corrected chi connectivity index (χ3v) is 3.46. The van der Waals surface area contributed by atoms with Crippen molar-refractivity contribution in [2.24, 2.45) is 0 Å². The first-order valence-corrected chi connectivity index (χ1v) is 6.12. The third-order valence-electron chi connectivity index (χ3n) is 3.46. The molecule has 2 aromatic heterocycles. The predicted octanol–water partition coefficient (Wildman–Crippen LogP) is -0.742. The first kappa shape index (κ1) is 13.0. The SMILES string of the molecule is COCC1=C[C@@H](n2cnc3c(N)ncnc32)[C@H](O)[C@@H]1O. The van der Waals surface area contributed by atoms with Gasteiger partial charge in [0.2, 0.25) is 0 Å². The Bertz CT molecular complexity index is 668. The molecule has 0 saturated heterocycles. The number of nitrogens with zero attached hydrogens (tertiary/aromatic N) is 4. The normalized spacial score (nSPS) is 26.1. The van der Waals surface area contributed by atoms with Crippen molar-refractivity contribution in [3.8, 4) is 0 Å². The van der Waals surface area contributed by atoms with Crippen LogP contribution in [0.5, 0.6) is 0 Å². The van der Waals surface area contributed by atoms with E-state index in [9.17, 15) is 10.2 Å². The number of ether oxygens (including phenoxy) is 1. The fourth-order valence-corrected chi connectivity index (χ4v) is 2.46. The van der Waals surface area contributed by atoms with Crippen LogP contribution < -0.4 is 5.73 Å². The maximum Gasteiger partial charge on any atom is 0.166 e. The number of rotatable bonds is 3. The largest absolute Gasteiger partial charge is 0.388 e. The van der Waals surface area contributed by atoms with Crippen molar-refractivity contribution in [3.63, 3.8) is 0 Å². The van der Waals surface area contributed by atoms with Gasteiger partial charge in [0.25, 0.3) is 0 Å². The smallest absolute Gasteiger partial charge is 0.166 e. The van der Waals surface area contributed by atoms with E-state index < -0.39 is 18.2 Å². The van der Waals surface area contributed by atoms with Gasteiger partial charge in [-0.25, -0.2) is 15.0 Å². The van der Waals surface area contributed by atoms with Crippen LogP contribution in [-0.4, -0.2) is 55.7 Å². The van der Waals surface area contributed by atoms with Gasteiger partial charge in [-0.2, -0.15) is 0 Å². The van der Waals surface area contributed by atoms with E-state index in [0.717, 1.165) is 0 Å². The minimum absolute atomic E-state index is 0.262. The lowest BCUT2D eigenvalue weighted by molar-refractivity contribution is 0.0270. The molecule has 0 amide bonds. The van der Waals surface area contributed by atoms with Crippen LogP contribution in [0, 0.1) is 0 Å². The Labute approximate surface area is 114 Å². The lowest BCUT2D eigenvalue weighted by atomic mass is 10.1. The summed E-state index contributed by atoms with van der Waals surface area (Å²) in [6, 6.07) is -0.463. The highest BCUT2D eigenvalue weighted by Crippen LogP contribution is 2.31. The molecule has 8 nitrogen and oxygen atoms in total. The van der Waals surface area contributed by atoms with Crippen LogP contribution in [0.25, 0.3) is 11.2 Å². The molecule has 3 rings (SSSR count). The molecule has 3 atom stereocenters. The second kappa shape index (κ2) is 4.82. The van der Waals surface area contributed by atoms with Crippen molar-refractivity contribution in [3.05, 3.63) is 24.3 Å². The number of anilines is 1. The van der Waals surface area contributed by atoms with E-state index >= 15 is 0 Å². The lowest BCUT2D eigenvalue weighted by Gasteiger charge is -2.18. The number of nitrogen functional groups attached to an aromatic ring is 1. The average Bonchev–Trinajstić information content (AvgIpc) is 2.97. The molecule has 0 spiro atoms. The summed E-state index contributed by atoms with van der Waals surface area (Å²) >= 11 is 0. The van der Waals surface area contributed by atoms with Crippen molar-refractivity contribution < 1.29 is 14.9 Å². The van der Waals surface area contributed by atoms with E-state index in [1.54, 1.807) is 10.6 Å². The number of methoxy groups -OCH3 is 1. The van der Waals surface area contributed by atoms with E-state index in [1.807, 2.05) is 0 Å². The van der Waals surface area contributed by atoms with Crippen molar-refractivity contribution in [2.45, 2.75) is 18.2 Å². The van der Waals surface area contributed by atoms with E-state index in [0.29, 0.717) is 16.7 Å². The highest BCUT2D eigenvalue weighted by molar-refractivity contribution is 5.81. The standard InChI is InChI=1S/C12H15N5O3/c1-20-3-6-2-7(10(19)9(6)18)17-5-16-8-11(13)14-4-15-12(8)17/h2,4-5,7,9-10,18-19H,3H2,1H3,(H2,13,14,15)/t7-,9-,10+/m1/s1. The fraction of sp³-hybridized carbons (Fsp3) is 0.417. The summed E-state index contributed by atoms with van der Waals surface area (Å²) in [5.74, 6) is 0.280. The first-order chi connectivity index (χ1) is 9.63. The van der Waals surface area contributed by atoms with Gasteiger partial charge in [0, 0.05) is 7.11 Å². The van der Waals surface area contributed by atoms with E-state index in [-0.39, 0.29) is 12.4 Å². The van der Waals surface area contributed by atoms with Gasteiger partial charge in [0.05, 0.1) is 19.0 Å². The molecule has 0 bridgehead atoms. The van der Waals surface area contributed by atoms with Crippen molar-refractivity contribution in [1.29, 1.82) is 0 Å². The minimum Gasteiger partial charge on any atom is -0.388 e. The second-order valence-electron chi connectivity index (χ2n) is 4.68. The molecule has 20 heavy (non-hydrogen) atoms. The van der Waals surface area contributed by atoms with Crippen LogP contribution in [0.4, 0.5) is 5.82 Å². The Kier molecular flexibility index (Phi) is 3.13. The Morgan fingerprint density at radius 2 is 2.15 bits per heavy atom. The zero-order valence-corrected chi connectivity index (χ0v) is 10.8. The fourth-order valence-electron chi connectivity index (χ4n) is 2.46. The molecule has 2 aromatic rings. The molecule has 106 valence electrons. The van der Waals surface area contributed by atoms with Crippen LogP contribution in [-0.2, 0) is 4.74 Å². The number of nitrogens with two attached hydrogens (primary N) is 1. The molecule has 0 aromatic carbocycles. The van der Waals surface area contributed by atoms with Crippen LogP contribution in [0.2, 0.25) is 0 Å². The van der Waals surface area contributed by atoms with E-state index in [1.165, 1.54) is 19.8 Å². The van der Waals surface area contributed by atoms with E-state index in [4.69, 9.17) is 10.5 Å². The van der Waals surface area contributed by atoms with Crippen molar-refractivity contribution >= 4 is 17.0 Å². The summed E-state index contributed by atoms with van der Waals surface area (Å²) < 4.78 is 6.68. The van der Waals surface area contributed by atoms with Crippen LogP contribution in [0.3, 0.4) is 0 Å². The van der Waals surface area contributed by atoms with Gasteiger partial charge in [-0.3, -0.25) is 0 Å². The molecular formula is C12H15N5O3. The van der Waals surface area contributed by atoms with Gasteiger partial charge >= 0.3 is 0 Å². The summed E-state index contributed by atoms with van der Waals surface area (Å²) in [5, 5.41) is 20.2. The molecule has 8 heteroatoms. The lowest BCUT2D eigenvalue weighted by Crippen LogP contribution is -2.30. The molecule has 2 heterocycles. The maximum absolute atomic E-state index is 10.2. The van der Waals surface area contributed by atoms with Gasteiger partial charge in [0.1, 0.15) is 24.1 Å². The predicted molar refractivity (Wildman–Crippen MR) is 70.7 cm³/mol. The van der Waals surface area contributed by atoms with Gasteiger partial charge in [-0.1, -0.05) is 6.08 Å². The number of hydrogen-bond donors (Lipinski definition) is 3. The van der Waals surface area contributed by atoms with Crippen LogP contribution >= 0.6 is 0 Å². The Morgan fingerprint density at radius 3 is 2.90 bits per heavy atom. The monoisotopic (exact) mass is 277 g/mol. The molecule has 4 N–H and O–H groups in total. The summed E-state index contributed by atoms with van der Waals surface area (Å²) in [4.78, 5) is 12.2. The molecule has 0 radical (unpaired) electrons. The van der Waals surface area contributed by atoms with Crippen LogP contribution in [0.15, 0.2) is 24.3 Å². The molecule has 1 aliphatic rings. The molecule has 0 aliphatic heterocycles. The zero-order valence-electron chi connectivity index (χ0n) is 10.8. The number of fused-ring (bicyclic) bond motifs is 1. The summed E-state index contributed by atoms with van der Waals surface area (Å²) in [6.45, 7) is 0.262.